The first-order valence-corrected chi connectivity index (χ1v) is 5.26. The lowest BCUT2D eigenvalue weighted by molar-refractivity contribution is -0.136. The highest BCUT2D eigenvalue weighted by molar-refractivity contribution is 14.1. The minimum Gasteiger partial charge on any atom is -0.494 e. The first-order valence-electron chi connectivity index (χ1n) is 4.18. The Morgan fingerprint density at radius 2 is 2.31 bits per heavy atom. The Bertz CT molecular complexity index is 412. The Labute approximate surface area is 104 Å². The van der Waals surface area contributed by atoms with Crippen LogP contribution >= 0.6 is 22.6 Å². The Morgan fingerprint density at radius 3 is 2.75 bits per heavy atom. The van der Waals surface area contributed by atoms with E-state index in [0.29, 0.717) is 0 Å². The van der Waals surface area contributed by atoms with Crippen molar-refractivity contribution in [2.45, 2.75) is 12.8 Å². The van der Waals surface area contributed by atoms with Gasteiger partial charge in [0, 0.05) is 9.77 Å². The molecule has 0 aliphatic heterocycles. The van der Waals surface area contributed by atoms with Crippen molar-refractivity contribution in [3.05, 3.63) is 21.0 Å². The molecular weight excluding hydrogens is 335 g/mol. The highest BCUT2D eigenvalue weighted by atomic mass is 127. The fraction of sp³-hybridized carbons (Fsp3) is 0.333. The molecule has 1 heterocycles. The van der Waals surface area contributed by atoms with Crippen LogP contribution in [0.1, 0.15) is 17.7 Å². The number of halogens is 3. The molecular formula is C9H8F2INO3. The summed E-state index contributed by atoms with van der Waals surface area (Å²) in [5, 5.41) is 8.60. The van der Waals surface area contributed by atoms with Crippen molar-refractivity contribution in [3.63, 3.8) is 0 Å². The average Bonchev–Trinajstić information content (AvgIpc) is 2.18. The quantitative estimate of drug-likeness (QED) is 0.852. The lowest BCUT2D eigenvalue weighted by Gasteiger charge is -2.12. The third-order valence-electron chi connectivity index (χ3n) is 1.84. The Balaban J connectivity index is 3.30. The number of pyridine rings is 1. The molecule has 0 saturated carbocycles. The van der Waals surface area contributed by atoms with E-state index >= 15 is 0 Å². The smallest absolute Gasteiger partial charge is 0.309 e. The lowest BCUT2D eigenvalue weighted by Crippen LogP contribution is -2.08. The molecule has 0 radical (unpaired) electrons. The number of ether oxygens (including phenoxy) is 1. The van der Waals surface area contributed by atoms with Crippen LogP contribution in [-0.4, -0.2) is 23.2 Å². The molecule has 0 unspecified atom stereocenters. The van der Waals surface area contributed by atoms with Crippen molar-refractivity contribution in [2.24, 2.45) is 0 Å². The molecule has 1 aromatic rings. The topological polar surface area (TPSA) is 59.4 Å². The van der Waals surface area contributed by atoms with Gasteiger partial charge in [0.05, 0.1) is 24.8 Å². The van der Waals surface area contributed by atoms with Gasteiger partial charge >= 0.3 is 5.97 Å². The van der Waals surface area contributed by atoms with E-state index < -0.39 is 18.8 Å². The van der Waals surface area contributed by atoms with Crippen LogP contribution in [0.2, 0.25) is 0 Å². The second-order valence-corrected chi connectivity index (χ2v) is 4.03. The third-order valence-corrected chi connectivity index (χ3v) is 2.70. The largest absolute Gasteiger partial charge is 0.494 e. The number of aromatic nitrogens is 1. The van der Waals surface area contributed by atoms with Crippen molar-refractivity contribution in [1.29, 1.82) is 0 Å². The van der Waals surface area contributed by atoms with E-state index in [0.717, 1.165) is 0 Å². The van der Waals surface area contributed by atoms with Gasteiger partial charge in [-0.2, -0.15) is 0 Å². The van der Waals surface area contributed by atoms with Gasteiger partial charge in [-0.1, -0.05) is 0 Å². The van der Waals surface area contributed by atoms with Crippen molar-refractivity contribution in [2.75, 3.05) is 7.11 Å². The first kappa shape index (κ1) is 13.1. The fourth-order valence-electron chi connectivity index (χ4n) is 1.23. The van der Waals surface area contributed by atoms with Gasteiger partial charge < -0.3 is 9.84 Å². The first-order chi connectivity index (χ1) is 7.47. The van der Waals surface area contributed by atoms with Gasteiger partial charge in [-0.3, -0.25) is 9.78 Å². The summed E-state index contributed by atoms with van der Waals surface area (Å²) in [5.41, 5.74) is -0.305. The molecule has 4 nitrogen and oxygen atoms in total. The molecule has 0 atom stereocenters. The van der Waals surface area contributed by atoms with Crippen LogP contribution in [-0.2, 0) is 11.2 Å². The molecule has 0 aliphatic carbocycles. The molecule has 16 heavy (non-hydrogen) atoms. The van der Waals surface area contributed by atoms with Crippen LogP contribution in [0.15, 0.2) is 6.20 Å². The van der Waals surface area contributed by atoms with Gasteiger partial charge in [0.15, 0.2) is 5.75 Å². The van der Waals surface area contributed by atoms with Crippen LogP contribution in [0.4, 0.5) is 8.78 Å². The third kappa shape index (κ3) is 2.77. The molecule has 0 aliphatic rings. The molecule has 88 valence electrons. The molecule has 1 rings (SSSR count). The van der Waals surface area contributed by atoms with E-state index in [1.54, 1.807) is 22.6 Å². The van der Waals surface area contributed by atoms with Crippen LogP contribution in [0.25, 0.3) is 0 Å². The number of alkyl halides is 2. The molecule has 1 aromatic heterocycles. The zero-order chi connectivity index (χ0) is 12.3. The molecule has 0 saturated heterocycles. The van der Waals surface area contributed by atoms with Gasteiger partial charge in [0.2, 0.25) is 0 Å². The predicted octanol–water partition coefficient (Wildman–Crippen LogP) is 2.26. The van der Waals surface area contributed by atoms with E-state index in [1.807, 2.05) is 0 Å². The molecule has 0 aromatic carbocycles. The van der Waals surface area contributed by atoms with E-state index in [1.165, 1.54) is 13.3 Å². The maximum absolute atomic E-state index is 12.7. The SMILES string of the molecule is COc1c(CC(=O)O)ncc(I)c1C(F)F. The predicted molar refractivity (Wildman–Crippen MR) is 59.8 cm³/mol. The summed E-state index contributed by atoms with van der Waals surface area (Å²) >= 11 is 1.71. The summed E-state index contributed by atoms with van der Waals surface area (Å²) in [6, 6.07) is 0. The maximum Gasteiger partial charge on any atom is 0.309 e. The van der Waals surface area contributed by atoms with Gasteiger partial charge in [-0.15, -0.1) is 0 Å². The van der Waals surface area contributed by atoms with Crippen LogP contribution in [0.5, 0.6) is 5.75 Å². The van der Waals surface area contributed by atoms with Crippen molar-refractivity contribution < 1.29 is 23.4 Å². The number of hydrogen-bond donors (Lipinski definition) is 1. The Kier molecular flexibility index (Phi) is 4.39. The second-order valence-electron chi connectivity index (χ2n) is 2.87. The van der Waals surface area contributed by atoms with E-state index in [9.17, 15) is 13.6 Å². The second kappa shape index (κ2) is 5.37. The van der Waals surface area contributed by atoms with E-state index in [4.69, 9.17) is 9.84 Å². The number of carboxylic acids is 1. The van der Waals surface area contributed by atoms with Crippen LogP contribution in [0, 0.1) is 3.57 Å². The molecule has 0 bridgehead atoms. The number of carboxylic acid groups (broad SMARTS) is 1. The van der Waals surface area contributed by atoms with Gasteiger partial charge in [-0.25, -0.2) is 8.78 Å². The summed E-state index contributed by atoms with van der Waals surface area (Å²) < 4.78 is 30.5. The monoisotopic (exact) mass is 343 g/mol. The highest BCUT2D eigenvalue weighted by Gasteiger charge is 2.22. The fourth-order valence-corrected chi connectivity index (χ4v) is 1.85. The summed E-state index contributed by atoms with van der Waals surface area (Å²) in [6.45, 7) is 0. The van der Waals surface area contributed by atoms with Gasteiger partial charge in [0.25, 0.3) is 6.43 Å². The van der Waals surface area contributed by atoms with Gasteiger partial charge in [0.1, 0.15) is 0 Å². The maximum atomic E-state index is 12.7. The lowest BCUT2D eigenvalue weighted by atomic mass is 10.1. The van der Waals surface area contributed by atoms with Crippen molar-refractivity contribution >= 4 is 28.6 Å². The Hall–Kier alpha value is -0.990. The average molecular weight is 343 g/mol. The number of rotatable bonds is 4. The van der Waals surface area contributed by atoms with Crippen molar-refractivity contribution in [3.8, 4) is 5.75 Å². The minimum atomic E-state index is -2.72. The van der Waals surface area contributed by atoms with E-state index in [2.05, 4.69) is 4.98 Å². The standard InChI is InChI=1S/C9H8F2INO3/c1-16-8-5(2-6(14)15)13-3-4(12)7(8)9(10)11/h3,9H,2H2,1H3,(H,14,15). The van der Waals surface area contributed by atoms with E-state index in [-0.39, 0.29) is 20.6 Å². The number of hydrogen-bond acceptors (Lipinski definition) is 3. The molecule has 0 amide bonds. The number of nitrogens with zero attached hydrogens (tertiary/aromatic N) is 1. The zero-order valence-corrected chi connectivity index (χ0v) is 10.4. The highest BCUT2D eigenvalue weighted by Crippen LogP contribution is 2.34. The summed E-state index contributed by atoms with van der Waals surface area (Å²) in [7, 11) is 1.21. The summed E-state index contributed by atoms with van der Waals surface area (Å²) in [4.78, 5) is 14.3. The van der Waals surface area contributed by atoms with Crippen molar-refractivity contribution in [1.82, 2.24) is 4.98 Å². The number of aliphatic carboxylic acids is 1. The van der Waals surface area contributed by atoms with Crippen LogP contribution < -0.4 is 4.74 Å². The number of methoxy groups -OCH3 is 1. The summed E-state index contributed by atoms with van der Waals surface area (Å²) in [6.07, 6.45) is -1.96. The minimum absolute atomic E-state index is 0.00529. The normalized spacial score (nSPS) is 10.6. The van der Waals surface area contributed by atoms with Crippen LogP contribution in [0.3, 0.4) is 0 Å². The molecule has 0 spiro atoms. The summed E-state index contributed by atoms with van der Waals surface area (Å²) in [5.74, 6) is -1.29. The molecule has 7 heteroatoms. The molecule has 1 N–H and O–H groups in total. The zero-order valence-electron chi connectivity index (χ0n) is 8.21. The Morgan fingerprint density at radius 1 is 1.69 bits per heavy atom. The molecule has 0 fully saturated rings. The number of carbonyl (C=O) groups is 1. The van der Waals surface area contributed by atoms with Gasteiger partial charge in [-0.05, 0) is 22.6 Å².